The fourth-order valence-electron chi connectivity index (χ4n) is 3.40. The van der Waals surface area contributed by atoms with Crippen LogP contribution in [0, 0.1) is 5.92 Å². The molecule has 0 aromatic carbocycles. The Morgan fingerprint density at radius 3 is 2.89 bits per heavy atom. The number of rotatable bonds is 2. The van der Waals surface area contributed by atoms with E-state index >= 15 is 0 Å². The minimum atomic E-state index is -0.769. The quantitative estimate of drug-likeness (QED) is 0.828. The molecule has 2 atom stereocenters. The second kappa shape index (κ2) is 4.39. The van der Waals surface area contributed by atoms with Crippen molar-refractivity contribution < 1.29 is 9.90 Å². The largest absolute Gasteiger partial charge is 0.480 e. The number of nitrogens with one attached hydrogen (secondary N) is 1. The Morgan fingerprint density at radius 2 is 2.22 bits per heavy atom. The molecule has 1 aromatic rings. The van der Waals surface area contributed by atoms with Crippen LogP contribution in [-0.4, -0.2) is 26.7 Å². The fourth-order valence-corrected chi connectivity index (χ4v) is 3.40. The first-order chi connectivity index (χ1) is 8.66. The first-order valence-corrected chi connectivity index (χ1v) is 6.65. The molecule has 1 aliphatic heterocycles. The summed E-state index contributed by atoms with van der Waals surface area (Å²) in [4.78, 5) is 15.6. The van der Waals surface area contributed by atoms with E-state index < -0.39 is 12.0 Å². The Kier molecular flexibility index (Phi) is 2.86. The standard InChI is InChI=1S/C13H19N3O2/c1-16-7-14-9-6-10(13(17)18)15-11(12(9)16)8-4-2-3-5-8/h7-8,10-11,15H,2-6H2,1H3,(H,17,18). The topological polar surface area (TPSA) is 67.2 Å². The van der Waals surface area contributed by atoms with E-state index in [0.717, 1.165) is 5.69 Å². The number of aryl methyl sites for hydroxylation is 1. The van der Waals surface area contributed by atoms with E-state index in [1.165, 1.54) is 31.4 Å². The normalized spacial score (nSPS) is 28.3. The van der Waals surface area contributed by atoms with Crippen molar-refractivity contribution in [1.29, 1.82) is 0 Å². The second-order valence-corrected chi connectivity index (χ2v) is 5.47. The molecule has 0 spiro atoms. The fraction of sp³-hybridized carbons (Fsp3) is 0.692. The summed E-state index contributed by atoms with van der Waals surface area (Å²) >= 11 is 0. The Hall–Kier alpha value is -1.36. The van der Waals surface area contributed by atoms with Gasteiger partial charge in [0.25, 0.3) is 0 Å². The van der Waals surface area contributed by atoms with Crippen molar-refractivity contribution >= 4 is 5.97 Å². The molecule has 0 saturated heterocycles. The zero-order chi connectivity index (χ0) is 12.7. The summed E-state index contributed by atoms with van der Waals surface area (Å²) in [7, 11) is 2.00. The number of aliphatic carboxylic acids is 1. The first kappa shape index (κ1) is 11.7. The Labute approximate surface area is 106 Å². The minimum absolute atomic E-state index is 0.157. The van der Waals surface area contributed by atoms with Crippen molar-refractivity contribution in [2.24, 2.45) is 13.0 Å². The number of carboxylic acids is 1. The predicted molar refractivity (Wildman–Crippen MR) is 66.2 cm³/mol. The van der Waals surface area contributed by atoms with Crippen molar-refractivity contribution in [3.8, 4) is 0 Å². The van der Waals surface area contributed by atoms with Gasteiger partial charge in [0, 0.05) is 13.5 Å². The lowest BCUT2D eigenvalue weighted by molar-refractivity contribution is -0.140. The van der Waals surface area contributed by atoms with E-state index in [1.807, 2.05) is 11.6 Å². The molecule has 2 heterocycles. The number of carboxylic acid groups (broad SMARTS) is 1. The molecular formula is C13H19N3O2. The lowest BCUT2D eigenvalue weighted by atomic mass is 9.88. The van der Waals surface area contributed by atoms with Gasteiger partial charge in [0.05, 0.1) is 23.8 Å². The van der Waals surface area contributed by atoms with Gasteiger partial charge in [-0.15, -0.1) is 0 Å². The van der Waals surface area contributed by atoms with Crippen molar-refractivity contribution in [1.82, 2.24) is 14.9 Å². The van der Waals surface area contributed by atoms with Gasteiger partial charge in [-0.25, -0.2) is 4.98 Å². The van der Waals surface area contributed by atoms with Crippen LogP contribution in [0.15, 0.2) is 6.33 Å². The molecule has 0 amide bonds. The lowest BCUT2D eigenvalue weighted by Gasteiger charge is -2.33. The maximum atomic E-state index is 11.2. The molecule has 0 radical (unpaired) electrons. The smallest absolute Gasteiger partial charge is 0.321 e. The number of carbonyl (C=O) groups is 1. The summed E-state index contributed by atoms with van der Waals surface area (Å²) in [6, 6.07) is -0.331. The number of nitrogens with zero attached hydrogens (tertiary/aromatic N) is 2. The average molecular weight is 249 g/mol. The van der Waals surface area contributed by atoms with Crippen LogP contribution < -0.4 is 5.32 Å². The maximum absolute atomic E-state index is 11.2. The highest BCUT2D eigenvalue weighted by Gasteiger charge is 2.38. The maximum Gasteiger partial charge on any atom is 0.321 e. The Morgan fingerprint density at radius 1 is 1.50 bits per heavy atom. The van der Waals surface area contributed by atoms with E-state index in [-0.39, 0.29) is 6.04 Å². The molecule has 2 N–H and O–H groups in total. The van der Waals surface area contributed by atoms with Crippen LogP contribution in [0.4, 0.5) is 0 Å². The SMILES string of the molecule is Cn1cnc2c1C(C1CCCC1)NC(C(=O)O)C2. The van der Waals surface area contributed by atoms with Gasteiger partial charge >= 0.3 is 5.97 Å². The van der Waals surface area contributed by atoms with Gasteiger partial charge in [-0.2, -0.15) is 0 Å². The van der Waals surface area contributed by atoms with Crippen molar-refractivity contribution in [2.45, 2.75) is 44.2 Å². The van der Waals surface area contributed by atoms with E-state index in [2.05, 4.69) is 10.3 Å². The summed E-state index contributed by atoms with van der Waals surface area (Å²) in [5.74, 6) is -0.212. The third kappa shape index (κ3) is 1.82. The summed E-state index contributed by atoms with van der Waals surface area (Å²) in [6.45, 7) is 0. The number of fused-ring (bicyclic) bond motifs is 1. The van der Waals surface area contributed by atoms with E-state index in [9.17, 15) is 9.90 Å². The van der Waals surface area contributed by atoms with E-state index in [0.29, 0.717) is 12.3 Å². The monoisotopic (exact) mass is 249 g/mol. The van der Waals surface area contributed by atoms with Crippen LogP contribution in [0.5, 0.6) is 0 Å². The van der Waals surface area contributed by atoms with Gasteiger partial charge in [0.15, 0.2) is 0 Å². The van der Waals surface area contributed by atoms with Gasteiger partial charge in [0.1, 0.15) is 6.04 Å². The van der Waals surface area contributed by atoms with Crippen LogP contribution in [0.2, 0.25) is 0 Å². The molecule has 0 bridgehead atoms. The van der Waals surface area contributed by atoms with Crippen molar-refractivity contribution in [3.05, 3.63) is 17.7 Å². The Balaban J connectivity index is 1.95. The van der Waals surface area contributed by atoms with Gasteiger partial charge < -0.3 is 9.67 Å². The van der Waals surface area contributed by atoms with Crippen molar-refractivity contribution in [3.63, 3.8) is 0 Å². The number of hydrogen-bond donors (Lipinski definition) is 2. The third-order valence-electron chi connectivity index (χ3n) is 4.30. The van der Waals surface area contributed by atoms with Gasteiger partial charge in [-0.1, -0.05) is 12.8 Å². The van der Waals surface area contributed by atoms with Crippen LogP contribution in [0.3, 0.4) is 0 Å². The van der Waals surface area contributed by atoms with E-state index in [1.54, 1.807) is 6.33 Å². The molecule has 3 rings (SSSR count). The highest BCUT2D eigenvalue weighted by Crippen LogP contribution is 2.39. The van der Waals surface area contributed by atoms with Gasteiger partial charge in [-0.3, -0.25) is 10.1 Å². The molecule has 18 heavy (non-hydrogen) atoms. The lowest BCUT2D eigenvalue weighted by Crippen LogP contribution is -2.47. The molecule has 98 valence electrons. The van der Waals surface area contributed by atoms with Gasteiger partial charge in [-0.05, 0) is 18.8 Å². The third-order valence-corrected chi connectivity index (χ3v) is 4.30. The zero-order valence-corrected chi connectivity index (χ0v) is 10.6. The Bertz CT molecular complexity index is 463. The number of aromatic nitrogens is 2. The molecule has 1 saturated carbocycles. The van der Waals surface area contributed by atoms with Gasteiger partial charge in [0.2, 0.25) is 0 Å². The summed E-state index contributed by atoms with van der Waals surface area (Å²) in [5, 5.41) is 12.6. The second-order valence-electron chi connectivity index (χ2n) is 5.47. The summed E-state index contributed by atoms with van der Waals surface area (Å²) in [6.07, 6.45) is 7.19. The molecular weight excluding hydrogens is 230 g/mol. The van der Waals surface area contributed by atoms with Crippen LogP contribution in [0.25, 0.3) is 0 Å². The first-order valence-electron chi connectivity index (χ1n) is 6.65. The molecule has 2 unspecified atom stereocenters. The van der Waals surface area contributed by atoms with E-state index in [4.69, 9.17) is 0 Å². The average Bonchev–Trinajstić information content (AvgIpc) is 2.98. The molecule has 5 nitrogen and oxygen atoms in total. The van der Waals surface area contributed by atoms with Crippen LogP contribution in [0.1, 0.15) is 43.1 Å². The highest BCUT2D eigenvalue weighted by atomic mass is 16.4. The molecule has 1 fully saturated rings. The summed E-state index contributed by atoms with van der Waals surface area (Å²) in [5.41, 5.74) is 2.15. The van der Waals surface area contributed by atoms with Crippen LogP contribution in [-0.2, 0) is 18.3 Å². The molecule has 2 aliphatic rings. The molecule has 1 aliphatic carbocycles. The highest BCUT2D eigenvalue weighted by molar-refractivity contribution is 5.74. The van der Waals surface area contributed by atoms with Crippen molar-refractivity contribution in [2.75, 3.05) is 0 Å². The number of hydrogen-bond acceptors (Lipinski definition) is 3. The number of imidazole rings is 1. The summed E-state index contributed by atoms with van der Waals surface area (Å²) < 4.78 is 2.05. The predicted octanol–water partition coefficient (Wildman–Crippen LogP) is 1.25. The minimum Gasteiger partial charge on any atom is -0.480 e. The van der Waals surface area contributed by atoms with Crippen LogP contribution >= 0.6 is 0 Å². The molecule has 1 aromatic heterocycles. The zero-order valence-electron chi connectivity index (χ0n) is 10.6. The molecule has 5 heteroatoms.